The van der Waals surface area contributed by atoms with Crippen LogP contribution in [0.5, 0.6) is 0 Å². The molecule has 7 heteroatoms. The third-order valence-electron chi connectivity index (χ3n) is 3.70. The lowest BCUT2D eigenvalue weighted by molar-refractivity contribution is 0.0420. The van der Waals surface area contributed by atoms with Crippen molar-refractivity contribution in [2.75, 3.05) is 45.7 Å². The van der Waals surface area contributed by atoms with E-state index in [1.807, 2.05) is 17.8 Å². The van der Waals surface area contributed by atoms with Gasteiger partial charge in [0.15, 0.2) is 5.96 Å². The molecule has 25 heavy (non-hydrogen) atoms. The van der Waals surface area contributed by atoms with Crippen LogP contribution >= 0.6 is 35.7 Å². The van der Waals surface area contributed by atoms with Crippen molar-refractivity contribution in [1.29, 1.82) is 0 Å². The maximum atomic E-state index is 5.75. The summed E-state index contributed by atoms with van der Waals surface area (Å²) in [4.78, 5) is 5.57. The molecule has 2 N–H and O–H groups in total. The molecule has 1 saturated heterocycles. The fourth-order valence-electron chi connectivity index (χ4n) is 2.38. The number of ether oxygens (including phenoxy) is 2. The highest BCUT2D eigenvalue weighted by atomic mass is 127. The molecule has 1 aromatic carbocycles. The molecule has 1 atom stereocenters. The smallest absolute Gasteiger partial charge is 0.190 e. The van der Waals surface area contributed by atoms with Gasteiger partial charge in [-0.25, -0.2) is 0 Å². The van der Waals surface area contributed by atoms with Gasteiger partial charge in [-0.3, -0.25) is 4.99 Å². The van der Waals surface area contributed by atoms with Crippen molar-refractivity contribution in [3.63, 3.8) is 0 Å². The quantitative estimate of drug-likeness (QED) is 0.178. The Balaban J connectivity index is 0.00000312. The number of benzene rings is 1. The second-order valence-electron chi connectivity index (χ2n) is 5.65. The van der Waals surface area contributed by atoms with Crippen LogP contribution in [0.2, 0.25) is 0 Å². The molecule has 1 unspecified atom stereocenters. The molecule has 1 heterocycles. The van der Waals surface area contributed by atoms with Gasteiger partial charge < -0.3 is 20.1 Å². The van der Waals surface area contributed by atoms with Crippen LogP contribution < -0.4 is 10.6 Å². The molecule has 5 nitrogen and oxygen atoms in total. The summed E-state index contributed by atoms with van der Waals surface area (Å²) in [5, 5.41) is 6.68. The van der Waals surface area contributed by atoms with Gasteiger partial charge in [0.1, 0.15) is 0 Å². The lowest BCUT2D eigenvalue weighted by Crippen LogP contribution is -2.38. The van der Waals surface area contributed by atoms with Crippen molar-refractivity contribution < 1.29 is 9.47 Å². The van der Waals surface area contributed by atoms with E-state index in [4.69, 9.17) is 9.47 Å². The minimum atomic E-state index is 0. The molecule has 1 aromatic rings. The number of nitrogens with zero attached hydrogens (tertiary/aromatic N) is 1. The van der Waals surface area contributed by atoms with Crippen LogP contribution in [0.4, 0.5) is 0 Å². The second kappa shape index (κ2) is 14.6. The average molecular weight is 479 g/mol. The Labute approximate surface area is 172 Å². The normalized spacial score (nSPS) is 17.2. The minimum absolute atomic E-state index is 0. The number of rotatable bonds is 10. The molecule has 0 spiro atoms. The summed E-state index contributed by atoms with van der Waals surface area (Å²) in [6.07, 6.45) is 3.40. The summed E-state index contributed by atoms with van der Waals surface area (Å²) in [6.45, 7) is 4.15. The van der Waals surface area contributed by atoms with Crippen molar-refractivity contribution in [3.05, 3.63) is 30.3 Å². The van der Waals surface area contributed by atoms with Gasteiger partial charge >= 0.3 is 0 Å². The Morgan fingerprint density at radius 1 is 1.24 bits per heavy atom. The van der Waals surface area contributed by atoms with E-state index in [-0.39, 0.29) is 24.0 Å². The van der Waals surface area contributed by atoms with E-state index in [1.54, 1.807) is 7.05 Å². The fourth-order valence-corrected chi connectivity index (χ4v) is 3.25. The molecule has 2 rings (SSSR count). The number of hydrogen-bond acceptors (Lipinski definition) is 4. The van der Waals surface area contributed by atoms with Crippen molar-refractivity contribution in [1.82, 2.24) is 10.6 Å². The topological polar surface area (TPSA) is 54.9 Å². The molecule has 142 valence electrons. The van der Waals surface area contributed by atoms with Crippen LogP contribution in [0.15, 0.2) is 40.2 Å². The van der Waals surface area contributed by atoms with E-state index in [1.165, 1.54) is 4.90 Å². The van der Waals surface area contributed by atoms with Crippen LogP contribution in [0.25, 0.3) is 0 Å². The summed E-state index contributed by atoms with van der Waals surface area (Å²) >= 11 is 1.89. The molecule has 0 aromatic heterocycles. The zero-order valence-corrected chi connectivity index (χ0v) is 18.1. The van der Waals surface area contributed by atoms with Gasteiger partial charge in [0, 0.05) is 38.2 Å². The second-order valence-corrected chi connectivity index (χ2v) is 6.82. The summed E-state index contributed by atoms with van der Waals surface area (Å²) in [5.74, 6) is 1.97. The molecule has 1 fully saturated rings. The van der Waals surface area contributed by atoms with Gasteiger partial charge in [-0.15, -0.1) is 35.7 Å². The summed E-state index contributed by atoms with van der Waals surface area (Å²) < 4.78 is 11.0. The Morgan fingerprint density at radius 3 is 2.68 bits per heavy atom. The number of halogens is 1. The SMILES string of the molecule is CN=C(NCCCOC1CCOC1)NCCCSc1ccccc1.I. The first-order chi connectivity index (χ1) is 11.9. The van der Waals surface area contributed by atoms with E-state index in [9.17, 15) is 0 Å². The van der Waals surface area contributed by atoms with Gasteiger partial charge in [-0.05, 0) is 37.1 Å². The molecule has 1 aliphatic heterocycles. The van der Waals surface area contributed by atoms with Crippen LogP contribution in [0, 0.1) is 0 Å². The third kappa shape index (κ3) is 10.3. The van der Waals surface area contributed by atoms with Gasteiger partial charge in [-0.2, -0.15) is 0 Å². The molecular formula is C18H30IN3O2S. The van der Waals surface area contributed by atoms with E-state index in [2.05, 4.69) is 39.9 Å². The predicted octanol–water partition coefficient (Wildman–Crippen LogP) is 3.15. The van der Waals surface area contributed by atoms with Gasteiger partial charge in [0.2, 0.25) is 0 Å². The molecule has 0 aliphatic carbocycles. The lowest BCUT2D eigenvalue weighted by atomic mass is 10.3. The van der Waals surface area contributed by atoms with E-state index < -0.39 is 0 Å². The summed E-state index contributed by atoms with van der Waals surface area (Å²) in [7, 11) is 1.81. The Kier molecular flexibility index (Phi) is 13.2. The van der Waals surface area contributed by atoms with Crippen molar-refractivity contribution >= 4 is 41.7 Å². The maximum absolute atomic E-state index is 5.75. The lowest BCUT2D eigenvalue weighted by Gasteiger charge is -2.13. The molecular weight excluding hydrogens is 449 g/mol. The Hall–Kier alpha value is -0.510. The van der Waals surface area contributed by atoms with E-state index in [0.29, 0.717) is 6.10 Å². The average Bonchev–Trinajstić information content (AvgIpc) is 3.14. The highest BCUT2D eigenvalue weighted by Gasteiger charge is 2.15. The van der Waals surface area contributed by atoms with Gasteiger partial charge in [0.25, 0.3) is 0 Å². The van der Waals surface area contributed by atoms with E-state index in [0.717, 1.165) is 63.9 Å². The third-order valence-corrected chi connectivity index (χ3v) is 4.80. The zero-order valence-electron chi connectivity index (χ0n) is 14.9. The van der Waals surface area contributed by atoms with Gasteiger partial charge in [0.05, 0.1) is 12.7 Å². The highest BCUT2D eigenvalue weighted by Crippen LogP contribution is 2.17. The molecule has 0 radical (unpaired) electrons. The minimum Gasteiger partial charge on any atom is -0.379 e. The standard InChI is InChI=1S/C18H29N3O2S.HI/c1-19-18(20-10-5-12-23-16-9-13-22-15-16)21-11-6-14-24-17-7-3-2-4-8-17;/h2-4,7-8,16H,5-6,9-15H2,1H3,(H2,19,20,21);1H. The maximum Gasteiger partial charge on any atom is 0.190 e. The largest absolute Gasteiger partial charge is 0.379 e. The molecule has 0 bridgehead atoms. The van der Waals surface area contributed by atoms with Crippen molar-refractivity contribution in [2.24, 2.45) is 4.99 Å². The number of nitrogens with one attached hydrogen (secondary N) is 2. The van der Waals surface area contributed by atoms with Crippen LogP contribution in [-0.4, -0.2) is 57.8 Å². The first kappa shape index (κ1) is 22.5. The number of thioether (sulfide) groups is 1. The molecule has 0 saturated carbocycles. The molecule has 0 amide bonds. The van der Waals surface area contributed by atoms with Crippen LogP contribution in [0.3, 0.4) is 0 Å². The number of aliphatic imine (C=N–C) groups is 1. The monoisotopic (exact) mass is 479 g/mol. The number of guanidine groups is 1. The summed E-state index contributed by atoms with van der Waals surface area (Å²) in [6, 6.07) is 10.5. The summed E-state index contributed by atoms with van der Waals surface area (Å²) in [5.41, 5.74) is 0. The first-order valence-corrected chi connectivity index (χ1v) is 9.69. The highest BCUT2D eigenvalue weighted by molar-refractivity contribution is 14.0. The van der Waals surface area contributed by atoms with Gasteiger partial charge in [-0.1, -0.05) is 18.2 Å². The number of hydrogen-bond donors (Lipinski definition) is 2. The van der Waals surface area contributed by atoms with E-state index >= 15 is 0 Å². The van der Waals surface area contributed by atoms with Crippen molar-refractivity contribution in [2.45, 2.75) is 30.3 Å². The predicted molar refractivity (Wildman–Crippen MR) is 116 cm³/mol. The van der Waals surface area contributed by atoms with Crippen LogP contribution in [0.1, 0.15) is 19.3 Å². The molecule has 1 aliphatic rings. The Bertz CT molecular complexity index is 471. The fraction of sp³-hybridized carbons (Fsp3) is 0.611. The van der Waals surface area contributed by atoms with Crippen LogP contribution in [-0.2, 0) is 9.47 Å². The first-order valence-electron chi connectivity index (χ1n) is 8.70. The van der Waals surface area contributed by atoms with Crippen molar-refractivity contribution in [3.8, 4) is 0 Å². The zero-order chi connectivity index (χ0) is 16.9. The Morgan fingerprint density at radius 2 is 2.00 bits per heavy atom.